The number of amides is 1. The van der Waals surface area contributed by atoms with Gasteiger partial charge in [-0.05, 0) is 23.8 Å². The third-order valence-electron chi connectivity index (χ3n) is 3.86. The van der Waals surface area contributed by atoms with Crippen molar-refractivity contribution < 1.29 is 13.2 Å². The third kappa shape index (κ3) is 6.24. The number of carbonyl (C=O) groups excluding carboxylic acids is 1. The summed E-state index contributed by atoms with van der Waals surface area (Å²) < 4.78 is 26.5. The van der Waals surface area contributed by atoms with Gasteiger partial charge in [-0.3, -0.25) is 9.69 Å². The van der Waals surface area contributed by atoms with E-state index >= 15 is 0 Å². The quantitative estimate of drug-likeness (QED) is 0.820. The van der Waals surface area contributed by atoms with Crippen LogP contribution in [0.1, 0.15) is 12.5 Å². The van der Waals surface area contributed by atoms with Crippen molar-refractivity contribution in [2.45, 2.75) is 6.92 Å². The second-order valence-electron chi connectivity index (χ2n) is 5.64. The maximum Gasteiger partial charge on any atom is 0.233 e. The average Bonchev–Trinajstić information content (AvgIpc) is 2.55. The smallest absolute Gasteiger partial charge is 0.233 e. The Bertz CT molecular complexity index is 681. The molecule has 1 aliphatic rings. The van der Waals surface area contributed by atoms with Crippen molar-refractivity contribution in [3.05, 3.63) is 40.3 Å². The Morgan fingerprint density at radius 3 is 2.42 bits per heavy atom. The molecule has 1 amide bonds. The van der Waals surface area contributed by atoms with Crippen molar-refractivity contribution in [2.75, 3.05) is 39.3 Å². The maximum atomic E-state index is 12.0. The Kier molecular flexibility index (Phi) is 6.79. The predicted octanol–water partition coefficient (Wildman–Crippen LogP) is 1.39. The largest absolute Gasteiger partial charge is 0.340 e. The minimum atomic E-state index is -3.47. The minimum Gasteiger partial charge on any atom is -0.340 e. The van der Waals surface area contributed by atoms with Crippen LogP contribution in [-0.2, 0) is 14.8 Å². The molecule has 0 aromatic heterocycles. The number of halogens is 1. The van der Waals surface area contributed by atoms with Crippen molar-refractivity contribution in [3.8, 4) is 0 Å². The van der Waals surface area contributed by atoms with Crippen LogP contribution < -0.4 is 4.72 Å². The molecule has 1 aromatic rings. The first-order chi connectivity index (χ1) is 11.4. The number of nitrogens with zero attached hydrogens (tertiary/aromatic N) is 2. The lowest BCUT2D eigenvalue weighted by molar-refractivity contribution is -0.130. The van der Waals surface area contributed by atoms with E-state index < -0.39 is 10.0 Å². The number of sulfonamides is 1. The fourth-order valence-electron chi connectivity index (χ4n) is 2.42. The van der Waals surface area contributed by atoms with Crippen LogP contribution in [0.2, 0.25) is 5.02 Å². The molecule has 0 radical (unpaired) electrons. The maximum absolute atomic E-state index is 12.0. The number of nitrogens with one attached hydrogen (secondary N) is 1. The molecule has 1 heterocycles. The summed E-state index contributed by atoms with van der Waals surface area (Å²) in [5.41, 5.74) is 0.769. The Balaban J connectivity index is 1.75. The van der Waals surface area contributed by atoms with Gasteiger partial charge in [0.15, 0.2) is 0 Å². The summed E-state index contributed by atoms with van der Waals surface area (Å²) in [6, 6.07) is 6.93. The molecule has 1 fully saturated rings. The molecular formula is C16H22ClN3O3S. The van der Waals surface area contributed by atoms with Crippen molar-refractivity contribution in [1.82, 2.24) is 14.5 Å². The fourth-order valence-corrected chi connectivity index (χ4v) is 3.36. The van der Waals surface area contributed by atoms with Gasteiger partial charge in [0.2, 0.25) is 15.9 Å². The SMILES string of the molecule is CC(=O)N1CCN(CCNS(=O)(=O)C=Cc2ccc(Cl)cc2)CC1. The van der Waals surface area contributed by atoms with Gasteiger partial charge < -0.3 is 4.90 Å². The first kappa shape index (κ1) is 18.9. The van der Waals surface area contributed by atoms with E-state index in [1.54, 1.807) is 36.1 Å². The standard InChI is InChI=1S/C16H22ClN3O3S/c1-14(21)20-11-9-19(10-12-20)8-7-18-24(22,23)13-6-15-2-4-16(17)5-3-15/h2-6,13,18H,7-12H2,1H3. The number of hydrogen-bond acceptors (Lipinski definition) is 4. The first-order valence-electron chi connectivity index (χ1n) is 7.77. The Morgan fingerprint density at radius 1 is 1.21 bits per heavy atom. The normalized spacial score (nSPS) is 16.7. The number of rotatable bonds is 6. The van der Waals surface area contributed by atoms with E-state index in [1.807, 2.05) is 0 Å². The predicted molar refractivity (Wildman–Crippen MR) is 96.1 cm³/mol. The van der Waals surface area contributed by atoms with Crippen LogP contribution >= 0.6 is 11.6 Å². The van der Waals surface area contributed by atoms with Gasteiger partial charge in [-0.25, -0.2) is 13.1 Å². The lowest BCUT2D eigenvalue weighted by Crippen LogP contribution is -2.49. The zero-order chi connectivity index (χ0) is 17.6. The lowest BCUT2D eigenvalue weighted by atomic mass is 10.2. The number of hydrogen-bond donors (Lipinski definition) is 1. The molecule has 132 valence electrons. The van der Waals surface area contributed by atoms with Crippen molar-refractivity contribution >= 4 is 33.6 Å². The Morgan fingerprint density at radius 2 is 1.83 bits per heavy atom. The highest BCUT2D eigenvalue weighted by Gasteiger charge is 2.18. The molecule has 0 saturated carbocycles. The summed E-state index contributed by atoms with van der Waals surface area (Å²) in [6.07, 6.45) is 1.53. The summed E-state index contributed by atoms with van der Waals surface area (Å²) in [7, 11) is -3.47. The second kappa shape index (κ2) is 8.62. The van der Waals surface area contributed by atoms with Gasteiger partial charge in [0, 0.05) is 56.6 Å². The third-order valence-corrected chi connectivity index (χ3v) is 5.21. The van der Waals surface area contributed by atoms with E-state index in [0.29, 0.717) is 31.2 Å². The molecule has 24 heavy (non-hydrogen) atoms. The van der Waals surface area contributed by atoms with Crippen molar-refractivity contribution in [2.24, 2.45) is 0 Å². The van der Waals surface area contributed by atoms with Gasteiger partial charge in [0.1, 0.15) is 0 Å². The summed E-state index contributed by atoms with van der Waals surface area (Å²) in [5.74, 6) is 0.0858. The monoisotopic (exact) mass is 371 g/mol. The first-order valence-corrected chi connectivity index (χ1v) is 9.69. The molecule has 0 unspecified atom stereocenters. The van der Waals surface area contributed by atoms with E-state index in [4.69, 9.17) is 11.6 Å². The number of carbonyl (C=O) groups is 1. The molecule has 1 N–H and O–H groups in total. The lowest BCUT2D eigenvalue weighted by Gasteiger charge is -2.34. The van der Waals surface area contributed by atoms with Crippen LogP contribution in [0.4, 0.5) is 0 Å². The molecule has 1 aromatic carbocycles. The highest BCUT2D eigenvalue weighted by atomic mass is 35.5. The molecule has 0 spiro atoms. The van der Waals surface area contributed by atoms with Crippen LogP contribution in [-0.4, -0.2) is 63.4 Å². The highest BCUT2D eigenvalue weighted by molar-refractivity contribution is 7.92. The van der Waals surface area contributed by atoms with E-state index in [9.17, 15) is 13.2 Å². The molecule has 6 nitrogen and oxygen atoms in total. The Labute approximate surface area is 148 Å². The second-order valence-corrected chi connectivity index (χ2v) is 7.73. The van der Waals surface area contributed by atoms with Crippen LogP contribution in [0.5, 0.6) is 0 Å². The van der Waals surface area contributed by atoms with Gasteiger partial charge >= 0.3 is 0 Å². The van der Waals surface area contributed by atoms with E-state index in [0.717, 1.165) is 24.1 Å². The molecular weight excluding hydrogens is 350 g/mol. The van der Waals surface area contributed by atoms with Crippen molar-refractivity contribution in [3.63, 3.8) is 0 Å². The zero-order valence-corrected chi connectivity index (χ0v) is 15.2. The minimum absolute atomic E-state index is 0.0858. The van der Waals surface area contributed by atoms with Crippen LogP contribution in [0.15, 0.2) is 29.7 Å². The summed E-state index contributed by atoms with van der Waals surface area (Å²) in [6.45, 7) is 5.45. The highest BCUT2D eigenvalue weighted by Crippen LogP contribution is 2.11. The molecule has 8 heteroatoms. The van der Waals surface area contributed by atoms with Gasteiger partial charge in [-0.1, -0.05) is 23.7 Å². The van der Waals surface area contributed by atoms with Gasteiger partial charge in [0.05, 0.1) is 0 Å². The molecule has 0 aliphatic carbocycles. The molecule has 0 bridgehead atoms. The molecule has 1 saturated heterocycles. The molecule has 0 atom stereocenters. The average molecular weight is 372 g/mol. The molecule has 1 aliphatic heterocycles. The van der Waals surface area contributed by atoms with Gasteiger partial charge in [-0.15, -0.1) is 0 Å². The fraction of sp³-hybridized carbons (Fsp3) is 0.438. The summed E-state index contributed by atoms with van der Waals surface area (Å²) in [5, 5.41) is 1.77. The van der Waals surface area contributed by atoms with Crippen molar-refractivity contribution in [1.29, 1.82) is 0 Å². The van der Waals surface area contributed by atoms with E-state index in [1.165, 1.54) is 6.08 Å². The van der Waals surface area contributed by atoms with Crippen LogP contribution in [0, 0.1) is 0 Å². The van der Waals surface area contributed by atoms with E-state index in [-0.39, 0.29) is 5.91 Å². The number of benzene rings is 1. The summed E-state index contributed by atoms with van der Waals surface area (Å²) >= 11 is 5.79. The molecule has 2 rings (SSSR count). The van der Waals surface area contributed by atoms with Crippen LogP contribution in [0.25, 0.3) is 6.08 Å². The van der Waals surface area contributed by atoms with Gasteiger partial charge in [0.25, 0.3) is 0 Å². The zero-order valence-electron chi connectivity index (χ0n) is 13.6. The van der Waals surface area contributed by atoms with E-state index in [2.05, 4.69) is 9.62 Å². The topological polar surface area (TPSA) is 69.7 Å². The Hall–Kier alpha value is -1.41. The summed E-state index contributed by atoms with van der Waals surface area (Å²) in [4.78, 5) is 15.2. The van der Waals surface area contributed by atoms with Gasteiger partial charge in [-0.2, -0.15) is 0 Å². The number of piperazine rings is 1. The van der Waals surface area contributed by atoms with Crippen LogP contribution in [0.3, 0.4) is 0 Å².